The van der Waals surface area contributed by atoms with Crippen LogP contribution in [-0.4, -0.2) is 36.0 Å². The number of hydrogen-bond acceptors (Lipinski definition) is 3. The second-order valence-corrected chi connectivity index (χ2v) is 5.81. The van der Waals surface area contributed by atoms with Crippen molar-refractivity contribution >= 4 is 11.8 Å². The smallest absolute Gasteiger partial charge is 0.123 e. The van der Waals surface area contributed by atoms with Gasteiger partial charge in [-0.15, -0.1) is 0 Å². The van der Waals surface area contributed by atoms with E-state index in [1.165, 1.54) is 6.07 Å². The van der Waals surface area contributed by atoms with E-state index in [2.05, 4.69) is 18.9 Å². The summed E-state index contributed by atoms with van der Waals surface area (Å²) in [7, 11) is 2.05. The lowest BCUT2D eigenvalue weighted by atomic mass is 10.1. The van der Waals surface area contributed by atoms with E-state index in [0.717, 1.165) is 30.0 Å². The van der Waals surface area contributed by atoms with Crippen molar-refractivity contribution in [3.8, 4) is 0 Å². The van der Waals surface area contributed by atoms with Crippen molar-refractivity contribution in [2.75, 3.05) is 25.1 Å². The van der Waals surface area contributed by atoms with Gasteiger partial charge in [-0.25, -0.2) is 4.39 Å². The zero-order chi connectivity index (χ0) is 13.4. The number of halogens is 1. The Kier molecular flexibility index (Phi) is 7.32. The molecule has 1 aromatic carbocycles. The summed E-state index contributed by atoms with van der Waals surface area (Å²) >= 11 is 1.94. The van der Waals surface area contributed by atoms with Crippen molar-refractivity contribution in [2.45, 2.75) is 25.9 Å². The molecule has 0 fully saturated rings. The molecule has 2 nitrogen and oxygen atoms in total. The summed E-state index contributed by atoms with van der Waals surface area (Å²) in [5.41, 5.74) is 6.81. The van der Waals surface area contributed by atoms with Gasteiger partial charge in [-0.3, -0.25) is 4.90 Å². The highest BCUT2D eigenvalue weighted by molar-refractivity contribution is 7.99. The maximum atomic E-state index is 13.1. The maximum Gasteiger partial charge on any atom is 0.123 e. The first kappa shape index (κ1) is 15.5. The predicted molar refractivity (Wildman–Crippen MR) is 78.3 cm³/mol. The second kappa shape index (κ2) is 8.51. The number of hydrogen-bond donors (Lipinski definition) is 1. The van der Waals surface area contributed by atoms with Gasteiger partial charge in [0.05, 0.1) is 0 Å². The first-order chi connectivity index (χ1) is 8.67. The van der Waals surface area contributed by atoms with Crippen LogP contribution in [0.2, 0.25) is 0 Å². The van der Waals surface area contributed by atoms with Crippen molar-refractivity contribution in [1.82, 2.24) is 4.90 Å². The fourth-order valence-corrected chi connectivity index (χ4v) is 2.66. The van der Waals surface area contributed by atoms with Gasteiger partial charge in [-0.05, 0) is 42.7 Å². The van der Waals surface area contributed by atoms with Gasteiger partial charge in [0.1, 0.15) is 5.82 Å². The minimum absolute atomic E-state index is 0.174. The lowest BCUT2D eigenvalue weighted by Crippen LogP contribution is -2.37. The van der Waals surface area contributed by atoms with Crippen LogP contribution in [0.5, 0.6) is 0 Å². The zero-order valence-corrected chi connectivity index (χ0v) is 12.0. The lowest BCUT2D eigenvalue weighted by Gasteiger charge is -2.27. The van der Waals surface area contributed by atoms with E-state index in [-0.39, 0.29) is 5.82 Å². The Balaban J connectivity index is 2.48. The summed E-state index contributed by atoms with van der Waals surface area (Å²) in [6.45, 7) is 3.56. The molecule has 0 bridgehead atoms. The third kappa shape index (κ3) is 5.38. The van der Waals surface area contributed by atoms with Gasteiger partial charge in [0.25, 0.3) is 0 Å². The van der Waals surface area contributed by atoms with Gasteiger partial charge in [0.2, 0.25) is 0 Å². The van der Waals surface area contributed by atoms with Gasteiger partial charge >= 0.3 is 0 Å². The molecular formula is C14H23FN2S. The molecule has 0 saturated heterocycles. The monoisotopic (exact) mass is 270 g/mol. The molecule has 0 saturated carbocycles. The molecule has 0 heterocycles. The number of thioether (sulfide) groups is 1. The standard InChI is InChI=1S/C14H23FN2S/c1-3-18-8-7-14(10-16)17(2)11-12-5-4-6-13(15)9-12/h4-6,9,14H,3,7-8,10-11,16H2,1-2H3. The second-order valence-electron chi connectivity index (χ2n) is 4.42. The maximum absolute atomic E-state index is 13.1. The number of benzene rings is 1. The predicted octanol–water partition coefficient (Wildman–Crippen LogP) is 2.73. The first-order valence-corrected chi connectivity index (χ1v) is 7.55. The zero-order valence-electron chi connectivity index (χ0n) is 11.2. The molecule has 102 valence electrons. The van der Waals surface area contributed by atoms with Gasteiger partial charge in [-0.2, -0.15) is 11.8 Å². The Morgan fingerprint density at radius 2 is 2.22 bits per heavy atom. The summed E-state index contributed by atoms with van der Waals surface area (Å²) in [6, 6.07) is 7.14. The highest BCUT2D eigenvalue weighted by atomic mass is 32.2. The highest BCUT2D eigenvalue weighted by Gasteiger charge is 2.13. The third-order valence-electron chi connectivity index (χ3n) is 3.02. The third-order valence-corrected chi connectivity index (χ3v) is 3.95. The van der Waals surface area contributed by atoms with E-state index < -0.39 is 0 Å². The van der Waals surface area contributed by atoms with Crippen LogP contribution in [0.1, 0.15) is 18.9 Å². The summed E-state index contributed by atoms with van der Waals surface area (Å²) in [5.74, 6) is 2.10. The van der Waals surface area contributed by atoms with Crippen molar-refractivity contribution in [2.24, 2.45) is 5.73 Å². The van der Waals surface area contributed by atoms with Crippen molar-refractivity contribution < 1.29 is 4.39 Å². The van der Waals surface area contributed by atoms with E-state index in [1.54, 1.807) is 12.1 Å². The number of nitrogens with two attached hydrogens (primary N) is 1. The largest absolute Gasteiger partial charge is 0.329 e. The van der Waals surface area contributed by atoms with Crippen LogP contribution in [0, 0.1) is 5.82 Å². The molecule has 18 heavy (non-hydrogen) atoms. The molecule has 0 aliphatic rings. The summed E-state index contributed by atoms with van der Waals surface area (Å²) in [6.07, 6.45) is 1.08. The van der Waals surface area contributed by atoms with Crippen LogP contribution in [0.25, 0.3) is 0 Å². The van der Waals surface area contributed by atoms with Gasteiger partial charge in [0, 0.05) is 19.1 Å². The first-order valence-electron chi connectivity index (χ1n) is 6.39. The van der Waals surface area contributed by atoms with E-state index in [0.29, 0.717) is 12.6 Å². The van der Waals surface area contributed by atoms with Crippen LogP contribution in [0.4, 0.5) is 4.39 Å². The van der Waals surface area contributed by atoms with Gasteiger partial charge < -0.3 is 5.73 Å². The molecule has 0 aliphatic carbocycles. The summed E-state index contributed by atoms with van der Waals surface area (Å²) in [5, 5.41) is 0. The average molecular weight is 270 g/mol. The molecule has 0 radical (unpaired) electrons. The molecule has 0 spiro atoms. The molecule has 4 heteroatoms. The van der Waals surface area contributed by atoms with E-state index in [1.807, 2.05) is 17.8 Å². The molecule has 0 aromatic heterocycles. The molecular weight excluding hydrogens is 247 g/mol. The fourth-order valence-electron chi connectivity index (χ4n) is 1.93. The Bertz CT molecular complexity index is 346. The van der Waals surface area contributed by atoms with Crippen molar-refractivity contribution in [3.63, 3.8) is 0 Å². The Morgan fingerprint density at radius 1 is 1.44 bits per heavy atom. The Morgan fingerprint density at radius 3 is 2.83 bits per heavy atom. The minimum atomic E-state index is -0.174. The molecule has 1 atom stereocenters. The van der Waals surface area contributed by atoms with E-state index in [9.17, 15) is 4.39 Å². The molecule has 1 rings (SSSR count). The van der Waals surface area contributed by atoms with Crippen molar-refractivity contribution in [1.29, 1.82) is 0 Å². The molecule has 2 N–H and O–H groups in total. The molecule has 0 aliphatic heterocycles. The number of likely N-dealkylation sites (N-methyl/N-ethyl adjacent to an activating group) is 1. The quantitative estimate of drug-likeness (QED) is 0.737. The van der Waals surface area contributed by atoms with Crippen LogP contribution in [0.15, 0.2) is 24.3 Å². The van der Waals surface area contributed by atoms with Crippen LogP contribution in [0.3, 0.4) is 0 Å². The van der Waals surface area contributed by atoms with Crippen LogP contribution < -0.4 is 5.73 Å². The number of rotatable bonds is 8. The average Bonchev–Trinajstić information content (AvgIpc) is 2.34. The van der Waals surface area contributed by atoms with Gasteiger partial charge in [-0.1, -0.05) is 19.1 Å². The lowest BCUT2D eigenvalue weighted by molar-refractivity contribution is 0.234. The fraction of sp³-hybridized carbons (Fsp3) is 0.571. The number of nitrogens with zero attached hydrogens (tertiary/aromatic N) is 1. The summed E-state index contributed by atoms with van der Waals surface area (Å²) in [4.78, 5) is 2.21. The van der Waals surface area contributed by atoms with Gasteiger partial charge in [0.15, 0.2) is 0 Å². The topological polar surface area (TPSA) is 29.3 Å². The summed E-state index contributed by atoms with van der Waals surface area (Å²) < 4.78 is 13.1. The normalized spacial score (nSPS) is 12.9. The SMILES string of the molecule is CCSCCC(CN)N(C)Cc1cccc(F)c1. The minimum Gasteiger partial charge on any atom is -0.329 e. The van der Waals surface area contributed by atoms with E-state index >= 15 is 0 Å². The van der Waals surface area contributed by atoms with E-state index in [4.69, 9.17) is 5.73 Å². The molecule has 1 unspecified atom stereocenters. The molecule has 1 aromatic rings. The Labute approximate surface area is 114 Å². The highest BCUT2D eigenvalue weighted by Crippen LogP contribution is 2.12. The van der Waals surface area contributed by atoms with Crippen LogP contribution in [-0.2, 0) is 6.54 Å². The molecule has 0 amide bonds. The Hall–Kier alpha value is -0.580. The van der Waals surface area contributed by atoms with Crippen molar-refractivity contribution in [3.05, 3.63) is 35.6 Å². The van der Waals surface area contributed by atoms with Crippen LogP contribution >= 0.6 is 11.8 Å².